The maximum atomic E-state index is 5.66. The highest BCUT2D eigenvalue weighted by Crippen LogP contribution is 2.27. The third-order valence-electron chi connectivity index (χ3n) is 6.33. The van der Waals surface area contributed by atoms with Gasteiger partial charge in [0, 0.05) is 29.9 Å². The first-order valence-electron chi connectivity index (χ1n) is 10.8. The second-order valence-electron chi connectivity index (χ2n) is 8.18. The summed E-state index contributed by atoms with van der Waals surface area (Å²) in [6.45, 7) is 8.12. The quantitative estimate of drug-likeness (QED) is 0.447. The van der Waals surface area contributed by atoms with Crippen LogP contribution in [0.4, 0.5) is 0 Å². The lowest BCUT2D eigenvalue weighted by Gasteiger charge is -2.34. The van der Waals surface area contributed by atoms with Crippen molar-refractivity contribution in [3.05, 3.63) is 76.6 Å². The van der Waals surface area contributed by atoms with Gasteiger partial charge >= 0.3 is 0 Å². The first-order chi connectivity index (χ1) is 14.6. The largest absolute Gasteiger partial charge is 0.496 e. The minimum absolute atomic E-state index is 0. The van der Waals surface area contributed by atoms with Gasteiger partial charge in [0.1, 0.15) is 5.75 Å². The second-order valence-corrected chi connectivity index (χ2v) is 8.18. The number of piperidine rings is 1. The number of ether oxygens (including phenoxy) is 1. The van der Waals surface area contributed by atoms with Crippen molar-refractivity contribution < 1.29 is 4.74 Å². The number of nitrogens with one attached hydrogen (secondary N) is 2. The van der Waals surface area contributed by atoms with E-state index < -0.39 is 0 Å². The number of aromatic nitrogens is 2. The Morgan fingerprint density at radius 1 is 1.06 bits per heavy atom. The van der Waals surface area contributed by atoms with Crippen LogP contribution in [-0.4, -0.2) is 29.5 Å². The fourth-order valence-corrected chi connectivity index (χ4v) is 4.37. The zero-order chi connectivity index (χ0) is 21.1. The van der Waals surface area contributed by atoms with Gasteiger partial charge in [0.05, 0.1) is 18.5 Å². The molecule has 0 saturated carbocycles. The minimum atomic E-state index is 0. The highest BCUT2D eigenvalue weighted by atomic mass is 35.5. The average Bonchev–Trinajstić information content (AvgIpc) is 3.05. The topological polar surface area (TPSA) is 51.1 Å². The Hall–Kier alpha value is -1.76. The van der Waals surface area contributed by atoms with Crippen molar-refractivity contribution in [3.63, 3.8) is 0 Å². The van der Waals surface area contributed by atoms with E-state index in [-0.39, 0.29) is 37.2 Å². The third-order valence-corrected chi connectivity index (χ3v) is 6.33. The van der Waals surface area contributed by atoms with Gasteiger partial charge in [0.25, 0.3) is 0 Å². The van der Waals surface area contributed by atoms with E-state index in [1.807, 2.05) is 10.7 Å². The van der Waals surface area contributed by atoms with Crippen molar-refractivity contribution >= 4 is 37.2 Å². The van der Waals surface area contributed by atoms with Crippen LogP contribution < -0.4 is 15.4 Å². The first-order valence-corrected chi connectivity index (χ1v) is 10.8. The van der Waals surface area contributed by atoms with Crippen LogP contribution >= 0.6 is 37.2 Å². The molecule has 3 aromatic rings. The van der Waals surface area contributed by atoms with Gasteiger partial charge in [-0.1, -0.05) is 30.3 Å². The molecule has 2 heterocycles. The van der Waals surface area contributed by atoms with Gasteiger partial charge in [-0.15, -0.1) is 37.2 Å². The van der Waals surface area contributed by atoms with E-state index in [2.05, 4.69) is 73.9 Å². The molecule has 0 aliphatic carbocycles. The smallest absolute Gasteiger partial charge is 0.123 e. The number of rotatable bonds is 6. The molecule has 0 amide bonds. The Morgan fingerprint density at radius 2 is 1.79 bits per heavy atom. The van der Waals surface area contributed by atoms with Crippen LogP contribution in [0.5, 0.6) is 5.75 Å². The zero-order valence-corrected chi connectivity index (χ0v) is 22.1. The van der Waals surface area contributed by atoms with Crippen molar-refractivity contribution in [3.8, 4) is 11.4 Å². The zero-order valence-electron chi connectivity index (χ0n) is 19.6. The summed E-state index contributed by atoms with van der Waals surface area (Å²) in [4.78, 5) is 0. The van der Waals surface area contributed by atoms with Crippen LogP contribution in [0.15, 0.2) is 48.5 Å². The Morgan fingerprint density at radius 3 is 2.42 bits per heavy atom. The lowest BCUT2D eigenvalue weighted by molar-refractivity contribution is 0.303. The molecule has 182 valence electrons. The molecule has 1 saturated heterocycles. The van der Waals surface area contributed by atoms with Gasteiger partial charge in [0.2, 0.25) is 0 Å². The molecular formula is C25H35Cl3N4O. The predicted molar refractivity (Wildman–Crippen MR) is 143 cm³/mol. The van der Waals surface area contributed by atoms with E-state index >= 15 is 0 Å². The summed E-state index contributed by atoms with van der Waals surface area (Å²) in [5.74, 6) is 0.907. The van der Waals surface area contributed by atoms with E-state index in [9.17, 15) is 0 Å². The molecule has 2 atom stereocenters. The molecule has 1 aliphatic heterocycles. The van der Waals surface area contributed by atoms with Gasteiger partial charge in [-0.3, -0.25) is 0 Å². The van der Waals surface area contributed by atoms with Crippen molar-refractivity contribution in [1.29, 1.82) is 0 Å². The Kier molecular flexibility index (Phi) is 11.7. The number of benzene rings is 2. The fraction of sp³-hybridized carbons (Fsp3) is 0.400. The molecule has 1 fully saturated rings. The van der Waals surface area contributed by atoms with E-state index in [4.69, 9.17) is 9.84 Å². The first kappa shape index (κ1) is 29.3. The number of nitrogens with zero attached hydrogens (tertiary/aromatic N) is 2. The Bertz CT molecular complexity index is 1010. The van der Waals surface area contributed by atoms with E-state index in [0.29, 0.717) is 12.1 Å². The molecule has 1 aromatic heterocycles. The average molecular weight is 514 g/mol. The molecule has 4 rings (SSSR count). The molecule has 8 heteroatoms. The Balaban J connectivity index is 0.00000181. The maximum absolute atomic E-state index is 5.66. The third kappa shape index (κ3) is 6.43. The van der Waals surface area contributed by atoms with E-state index in [1.54, 1.807) is 7.11 Å². The lowest BCUT2D eigenvalue weighted by atomic mass is 9.92. The van der Waals surface area contributed by atoms with Crippen LogP contribution in [0, 0.1) is 20.8 Å². The number of hydrogen-bond donors (Lipinski definition) is 2. The molecule has 0 radical (unpaired) electrons. The fourth-order valence-electron chi connectivity index (χ4n) is 4.37. The number of halogens is 3. The molecule has 0 spiro atoms. The molecular weight excluding hydrogens is 479 g/mol. The summed E-state index contributed by atoms with van der Waals surface area (Å²) in [7, 11) is 1.74. The highest BCUT2D eigenvalue weighted by molar-refractivity contribution is 5.86. The Labute approximate surface area is 215 Å². The molecule has 2 unspecified atom stereocenters. The summed E-state index contributed by atoms with van der Waals surface area (Å²) in [5, 5.41) is 12.2. The number of methoxy groups -OCH3 is 1. The molecule has 2 aromatic carbocycles. The predicted octanol–water partition coefficient (Wildman–Crippen LogP) is 5.65. The SMILES string of the molecule is COc1ccc(-n2nc(C)c(C)c2C)cc1CNC1CCCNC1c1ccccc1.Cl.Cl.Cl. The minimum Gasteiger partial charge on any atom is -0.496 e. The van der Waals surface area contributed by atoms with Gasteiger partial charge in [-0.2, -0.15) is 5.10 Å². The normalized spacial score (nSPS) is 17.3. The van der Waals surface area contributed by atoms with Crippen LogP contribution in [0.25, 0.3) is 5.69 Å². The highest BCUT2D eigenvalue weighted by Gasteiger charge is 2.26. The van der Waals surface area contributed by atoms with Gasteiger partial charge < -0.3 is 15.4 Å². The standard InChI is InChI=1S/C25H32N4O.3ClH/c1-17-18(2)28-29(19(17)3)22-12-13-24(30-4)21(15-22)16-27-23-11-8-14-26-25(23)20-9-6-5-7-10-20;;;/h5-7,9-10,12-13,15,23,25-27H,8,11,14,16H2,1-4H3;3*1H. The monoisotopic (exact) mass is 512 g/mol. The molecule has 2 N–H and O–H groups in total. The van der Waals surface area contributed by atoms with Crippen molar-refractivity contribution in [2.45, 2.75) is 52.2 Å². The number of aryl methyl sites for hydroxylation is 1. The summed E-state index contributed by atoms with van der Waals surface area (Å²) in [6, 6.07) is 17.8. The van der Waals surface area contributed by atoms with Crippen LogP contribution in [0.3, 0.4) is 0 Å². The summed E-state index contributed by atoms with van der Waals surface area (Å²) in [5.41, 5.74) is 7.05. The molecule has 33 heavy (non-hydrogen) atoms. The molecule has 5 nitrogen and oxygen atoms in total. The van der Waals surface area contributed by atoms with Crippen LogP contribution in [0.1, 0.15) is 47.0 Å². The number of hydrogen-bond acceptors (Lipinski definition) is 4. The maximum Gasteiger partial charge on any atom is 0.123 e. The van der Waals surface area contributed by atoms with Crippen molar-refractivity contribution in [2.75, 3.05) is 13.7 Å². The lowest BCUT2D eigenvalue weighted by Crippen LogP contribution is -2.45. The van der Waals surface area contributed by atoms with E-state index in [0.717, 1.165) is 42.2 Å². The summed E-state index contributed by atoms with van der Waals surface area (Å²) >= 11 is 0. The van der Waals surface area contributed by atoms with Gasteiger partial charge in [-0.25, -0.2) is 4.68 Å². The molecule has 1 aliphatic rings. The van der Waals surface area contributed by atoms with Crippen molar-refractivity contribution in [2.24, 2.45) is 0 Å². The summed E-state index contributed by atoms with van der Waals surface area (Å²) in [6.07, 6.45) is 2.34. The van der Waals surface area contributed by atoms with Crippen molar-refractivity contribution in [1.82, 2.24) is 20.4 Å². The molecule has 0 bridgehead atoms. The van der Waals surface area contributed by atoms with Crippen LogP contribution in [0.2, 0.25) is 0 Å². The van der Waals surface area contributed by atoms with Gasteiger partial charge in [0.15, 0.2) is 0 Å². The van der Waals surface area contributed by atoms with E-state index in [1.165, 1.54) is 23.2 Å². The van der Waals surface area contributed by atoms with Crippen LogP contribution in [-0.2, 0) is 6.54 Å². The second kappa shape index (κ2) is 13.2. The van der Waals surface area contributed by atoms with Gasteiger partial charge in [-0.05, 0) is 69.5 Å². The summed E-state index contributed by atoms with van der Waals surface area (Å²) < 4.78 is 7.69.